The second-order valence-corrected chi connectivity index (χ2v) is 13.1. The molecule has 0 aromatic heterocycles. The van der Waals surface area contributed by atoms with Gasteiger partial charge in [-0.25, -0.2) is 0 Å². The second-order valence-electron chi connectivity index (χ2n) is 13.1. The molecule has 1 N–H and O–H groups in total. The molecule has 9 atom stereocenters. The second kappa shape index (κ2) is 9.59. The molecule has 184 valence electrons. The van der Waals surface area contributed by atoms with Crippen LogP contribution in [0.4, 0.5) is 0 Å². The van der Waals surface area contributed by atoms with Gasteiger partial charge in [-0.15, -0.1) is 0 Å². The van der Waals surface area contributed by atoms with Gasteiger partial charge in [-0.05, 0) is 105 Å². The first-order valence-electron chi connectivity index (χ1n) is 14.0. The number of esters is 1. The highest BCUT2D eigenvalue weighted by Gasteiger charge is 2.62. The largest absolute Gasteiger partial charge is 0.463 e. The number of carbonyl (C=O) groups is 1. The maximum absolute atomic E-state index is 11.7. The van der Waals surface area contributed by atoms with E-state index in [0.717, 1.165) is 48.9 Å². The standard InChI is InChI=1S/C29H50O3/c1-19(2)7-6-8-20(3)25-13-14-26-24-12-10-22-9-11-23(32-21(4)31)17-29(22,18-30)27(24)15-16-28(25,26)5/h19-20,22-27,30H,6-18H2,1-5H3. The molecule has 4 aliphatic carbocycles. The molecule has 0 aromatic rings. The third-order valence-electron chi connectivity index (χ3n) is 11.1. The predicted molar refractivity (Wildman–Crippen MR) is 130 cm³/mol. The molecule has 3 heteroatoms. The maximum Gasteiger partial charge on any atom is 0.302 e. The Bertz CT molecular complexity index is 659. The Morgan fingerprint density at radius 1 is 1.00 bits per heavy atom. The van der Waals surface area contributed by atoms with Crippen molar-refractivity contribution in [2.24, 2.45) is 52.3 Å². The van der Waals surface area contributed by atoms with Crippen molar-refractivity contribution in [3.8, 4) is 0 Å². The van der Waals surface area contributed by atoms with Gasteiger partial charge in [0.2, 0.25) is 0 Å². The lowest BCUT2D eigenvalue weighted by Crippen LogP contribution is -2.57. The zero-order valence-electron chi connectivity index (χ0n) is 21.6. The third-order valence-corrected chi connectivity index (χ3v) is 11.1. The summed E-state index contributed by atoms with van der Waals surface area (Å²) < 4.78 is 5.71. The van der Waals surface area contributed by atoms with Crippen LogP contribution in [-0.2, 0) is 9.53 Å². The van der Waals surface area contributed by atoms with Gasteiger partial charge in [-0.2, -0.15) is 0 Å². The van der Waals surface area contributed by atoms with E-state index < -0.39 is 0 Å². The van der Waals surface area contributed by atoms with Gasteiger partial charge in [0.1, 0.15) is 6.10 Å². The van der Waals surface area contributed by atoms with Gasteiger partial charge >= 0.3 is 5.97 Å². The Morgan fingerprint density at radius 2 is 1.75 bits per heavy atom. The van der Waals surface area contributed by atoms with Crippen molar-refractivity contribution < 1.29 is 14.6 Å². The van der Waals surface area contributed by atoms with E-state index >= 15 is 0 Å². The number of rotatable bonds is 7. The fourth-order valence-corrected chi connectivity index (χ4v) is 9.72. The zero-order chi connectivity index (χ0) is 23.1. The smallest absolute Gasteiger partial charge is 0.302 e. The van der Waals surface area contributed by atoms with E-state index in [1.54, 1.807) is 0 Å². The maximum atomic E-state index is 11.7. The fourth-order valence-electron chi connectivity index (χ4n) is 9.72. The number of hydrogen-bond donors (Lipinski definition) is 1. The summed E-state index contributed by atoms with van der Waals surface area (Å²) in [4.78, 5) is 11.7. The number of carbonyl (C=O) groups excluding carboxylic acids is 1. The average molecular weight is 447 g/mol. The number of aliphatic hydroxyl groups excluding tert-OH is 1. The van der Waals surface area contributed by atoms with Gasteiger partial charge in [0, 0.05) is 18.9 Å². The van der Waals surface area contributed by atoms with Crippen LogP contribution < -0.4 is 0 Å². The van der Waals surface area contributed by atoms with Crippen LogP contribution in [0.5, 0.6) is 0 Å². The first kappa shape index (κ1) is 24.6. The Morgan fingerprint density at radius 3 is 2.44 bits per heavy atom. The van der Waals surface area contributed by atoms with Crippen LogP contribution in [0.3, 0.4) is 0 Å². The molecule has 0 spiro atoms. The van der Waals surface area contributed by atoms with Crippen molar-refractivity contribution >= 4 is 5.97 Å². The molecule has 4 aliphatic rings. The van der Waals surface area contributed by atoms with Gasteiger partial charge in [-0.1, -0.05) is 47.0 Å². The van der Waals surface area contributed by atoms with E-state index in [0.29, 0.717) is 17.3 Å². The van der Waals surface area contributed by atoms with Crippen molar-refractivity contribution in [3.05, 3.63) is 0 Å². The quantitative estimate of drug-likeness (QED) is 0.428. The third kappa shape index (κ3) is 4.29. The summed E-state index contributed by atoms with van der Waals surface area (Å²) in [6.45, 7) is 11.7. The Kier molecular flexibility index (Phi) is 7.36. The lowest BCUT2D eigenvalue weighted by atomic mass is 9.44. The number of fused-ring (bicyclic) bond motifs is 5. The molecule has 0 radical (unpaired) electrons. The Hall–Kier alpha value is -0.570. The predicted octanol–water partition coefficient (Wildman–Crippen LogP) is 7.01. The van der Waals surface area contributed by atoms with Crippen LogP contribution in [0, 0.1) is 52.3 Å². The van der Waals surface area contributed by atoms with Crippen LogP contribution in [-0.4, -0.2) is 23.8 Å². The first-order chi connectivity index (χ1) is 15.2. The monoisotopic (exact) mass is 446 g/mol. The summed E-state index contributed by atoms with van der Waals surface area (Å²) in [7, 11) is 0. The number of ether oxygens (including phenoxy) is 1. The minimum atomic E-state index is -0.157. The molecule has 3 nitrogen and oxygen atoms in total. The fraction of sp³-hybridized carbons (Fsp3) is 0.966. The lowest BCUT2D eigenvalue weighted by molar-refractivity contribution is -0.175. The SMILES string of the molecule is CC(=O)OC1CCC2CCC3C4CCC(C(C)CCCC(C)C)C4(C)CCC3C2(CO)C1. The van der Waals surface area contributed by atoms with Crippen molar-refractivity contribution in [1.29, 1.82) is 0 Å². The first-order valence-corrected chi connectivity index (χ1v) is 14.0. The summed E-state index contributed by atoms with van der Waals surface area (Å²) >= 11 is 0. The molecule has 0 heterocycles. The van der Waals surface area contributed by atoms with Crippen molar-refractivity contribution in [2.45, 2.75) is 118 Å². The van der Waals surface area contributed by atoms with Crippen molar-refractivity contribution in [2.75, 3.05) is 6.61 Å². The van der Waals surface area contributed by atoms with Crippen LogP contribution in [0.1, 0.15) is 112 Å². The van der Waals surface area contributed by atoms with E-state index in [1.807, 2.05) is 0 Å². The minimum Gasteiger partial charge on any atom is -0.463 e. The summed E-state index contributed by atoms with van der Waals surface area (Å²) in [5, 5.41) is 10.8. The van der Waals surface area contributed by atoms with Gasteiger partial charge in [0.15, 0.2) is 0 Å². The van der Waals surface area contributed by atoms with E-state index in [2.05, 4.69) is 27.7 Å². The lowest BCUT2D eigenvalue weighted by Gasteiger charge is -2.62. The molecule has 0 bridgehead atoms. The van der Waals surface area contributed by atoms with Crippen molar-refractivity contribution in [1.82, 2.24) is 0 Å². The molecular formula is C29H50O3. The Labute approximate surface area is 197 Å². The highest BCUT2D eigenvalue weighted by atomic mass is 16.5. The highest BCUT2D eigenvalue weighted by Crippen LogP contribution is 2.68. The van der Waals surface area contributed by atoms with Crippen LogP contribution in [0.2, 0.25) is 0 Å². The molecule has 0 aliphatic heterocycles. The van der Waals surface area contributed by atoms with Gasteiger partial charge in [-0.3, -0.25) is 4.79 Å². The summed E-state index contributed by atoms with van der Waals surface area (Å²) in [6.07, 6.45) is 15.2. The average Bonchev–Trinajstić information content (AvgIpc) is 3.09. The molecule has 0 aromatic carbocycles. The molecule has 4 saturated carbocycles. The molecule has 32 heavy (non-hydrogen) atoms. The summed E-state index contributed by atoms with van der Waals surface area (Å²) in [5.41, 5.74) is 0.482. The van der Waals surface area contributed by atoms with Crippen LogP contribution in [0.25, 0.3) is 0 Å². The van der Waals surface area contributed by atoms with Crippen LogP contribution >= 0.6 is 0 Å². The number of hydrogen-bond acceptors (Lipinski definition) is 3. The molecular weight excluding hydrogens is 396 g/mol. The van der Waals surface area contributed by atoms with Crippen LogP contribution in [0.15, 0.2) is 0 Å². The molecule has 9 unspecified atom stereocenters. The Balaban J connectivity index is 1.50. The topological polar surface area (TPSA) is 46.5 Å². The molecule has 4 rings (SSSR count). The molecule has 4 fully saturated rings. The summed E-state index contributed by atoms with van der Waals surface area (Å²) in [6, 6.07) is 0. The molecule has 0 saturated heterocycles. The van der Waals surface area contributed by atoms with E-state index in [4.69, 9.17) is 4.74 Å². The zero-order valence-corrected chi connectivity index (χ0v) is 21.6. The normalized spacial score (nSPS) is 44.5. The summed E-state index contributed by atoms with van der Waals surface area (Å²) in [5.74, 6) is 5.22. The number of aliphatic hydroxyl groups is 1. The van der Waals surface area contributed by atoms with Crippen molar-refractivity contribution in [3.63, 3.8) is 0 Å². The van der Waals surface area contributed by atoms with Gasteiger partial charge in [0.25, 0.3) is 0 Å². The van der Waals surface area contributed by atoms with E-state index in [1.165, 1.54) is 64.7 Å². The molecule has 0 amide bonds. The van der Waals surface area contributed by atoms with E-state index in [9.17, 15) is 9.90 Å². The van der Waals surface area contributed by atoms with Gasteiger partial charge < -0.3 is 9.84 Å². The minimum absolute atomic E-state index is 0.0103. The highest BCUT2D eigenvalue weighted by molar-refractivity contribution is 5.66. The van der Waals surface area contributed by atoms with E-state index in [-0.39, 0.29) is 24.1 Å². The van der Waals surface area contributed by atoms with Gasteiger partial charge in [0.05, 0.1) is 0 Å².